The number of halogens is 1. The molecule has 0 N–H and O–H groups in total. The highest BCUT2D eigenvalue weighted by molar-refractivity contribution is 5.44. The van der Waals surface area contributed by atoms with Gasteiger partial charge in [0.2, 0.25) is 0 Å². The largest absolute Gasteiger partial charge is 0.471 e. The van der Waals surface area contributed by atoms with Crippen LogP contribution in [0.1, 0.15) is 22.4 Å². The Morgan fingerprint density at radius 3 is 2.68 bits per heavy atom. The zero-order valence-corrected chi connectivity index (χ0v) is 10.6. The minimum absolute atomic E-state index is 0.0124. The predicted octanol–water partition coefficient (Wildman–Crippen LogP) is 2.68. The molecule has 0 fully saturated rings. The molecule has 19 heavy (non-hydrogen) atoms. The van der Waals surface area contributed by atoms with Crippen LogP contribution in [0.2, 0.25) is 0 Å². The Morgan fingerprint density at radius 2 is 2.00 bits per heavy atom. The molecule has 1 aromatic heterocycles. The molecule has 0 aliphatic rings. The van der Waals surface area contributed by atoms with Gasteiger partial charge in [0.05, 0.1) is 5.69 Å². The van der Waals surface area contributed by atoms with Crippen LogP contribution in [0.15, 0.2) is 24.3 Å². The van der Waals surface area contributed by atoms with Crippen LogP contribution in [0.3, 0.4) is 0 Å². The van der Waals surface area contributed by atoms with E-state index in [1.54, 1.807) is 32.0 Å². The Bertz CT molecular complexity index is 650. The molecule has 1 heterocycles. The van der Waals surface area contributed by atoms with Gasteiger partial charge >= 0.3 is 0 Å². The molecular weight excluding hydrogens is 245 g/mol. The fourth-order valence-corrected chi connectivity index (χ4v) is 1.58. The first-order valence-electron chi connectivity index (χ1n) is 5.73. The molecule has 5 heteroatoms. The molecule has 4 nitrogen and oxygen atoms in total. The van der Waals surface area contributed by atoms with Crippen molar-refractivity contribution in [1.82, 2.24) is 10.2 Å². The average Bonchev–Trinajstić information content (AvgIpc) is 2.41. The van der Waals surface area contributed by atoms with Crippen molar-refractivity contribution < 1.29 is 9.13 Å². The van der Waals surface area contributed by atoms with Crippen molar-refractivity contribution in [3.63, 3.8) is 0 Å². The smallest absolute Gasteiger partial charge is 0.252 e. The van der Waals surface area contributed by atoms with Crippen LogP contribution in [0.4, 0.5) is 4.39 Å². The zero-order chi connectivity index (χ0) is 13.8. The number of aryl methyl sites for hydroxylation is 1. The second kappa shape index (κ2) is 5.44. The molecule has 0 amide bonds. The number of rotatable bonds is 3. The molecule has 0 bridgehead atoms. The van der Waals surface area contributed by atoms with Crippen LogP contribution in [0, 0.1) is 31.0 Å². The SMILES string of the molecule is Cc1nnc(OCc2ccccc2F)c(C#N)c1C. The normalized spacial score (nSPS) is 10.0. The number of ether oxygens (including phenoxy) is 1. The molecule has 0 saturated heterocycles. The van der Waals surface area contributed by atoms with Gasteiger partial charge in [0, 0.05) is 5.56 Å². The summed E-state index contributed by atoms with van der Waals surface area (Å²) in [5.74, 6) is -0.216. The topological polar surface area (TPSA) is 58.8 Å². The van der Waals surface area contributed by atoms with Gasteiger partial charge in [-0.2, -0.15) is 10.4 Å². The second-order valence-electron chi connectivity index (χ2n) is 4.08. The highest BCUT2D eigenvalue weighted by Gasteiger charge is 2.12. The fourth-order valence-electron chi connectivity index (χ4n) is 1.58. The van der Waals surface area contributed by atoms with Crippen molar-refractivity contribution in [2.75, 3.05) is 0 Å². The molecule has 0 unspecified atom stereocenters. The zero-order valence-electron chi connectivity index (χ0n) is 10.6. The molecular formula is C14H12FN3O. The van der Waals surface area contributed by atoms with E-state index >= 15 is 0 Å². The summed E-state index contributed by atoms with van der Waals surface area (Å²) >= 11 is 0. The summed E-state index contributed by atoms with van der Waals surface area (Å²) in [7, 11) is 0. The van der Waals surface area contributed by atoms with Gasteiger partial charge in [-0.15, -0.1) is 5.10 Å². The quantitative estimate of drug-likeness (QED) is 0.848. The average molecular weight is 257 g/mol. The first kappa shape index (κ1) is 13.0. The van der Waals surface area contributed by atoms with Crippen LogP contribution in [-0.4, -0.2) is 10.2 Å². The molecule has 96 valence electrons. The van der Waals surface area contributed by atoms with E-state index in [9.17, 15) is 4.39 Å². The lowest BCUT2D eigenvalue weighted by Gasteiger charge is -2.09. The molecule has 0 radical (unpaired) electrons. The number of aromatic nitrogens is 2. The Kier molecular flexibility index (Phi) is 3.71. The van der Waals surface area contributed by atoms with E-state index in [1.807, 2.05) is 6.07 Å². The summed E-state index contributed by atoms with van der Waals surface area (Å²) in [4.78, 5) is 0. The molecule has 0 spiro atoms. The summed E-state index contributed by atoms with van der Waals surface area (Å²) in [5, 5.41) is 16.8. The lowest BCUT2D eigenvalue weighted by molar-refractivity contribution is 0.283. The molecule has 0 aliphatic heterocycles. The summed E-state index contributed by atoms with van der Waals surface area (Å²) in [6, 6.07) is 8.34. The number of benzene rings is 1. The maximum atomic E-state index is 13.4. The van der Waals surface area contributed by atoms with Crippen LogP contribution in [-0.2, 0) is 6.61 Å². The number of hydrogen-bond acceptors (Lipinski definition) is 4. The van der Waals surface area contributed by atoms with E-state index in [4.69, 9.17) is 10.00 Å². The Labute approximate surface area is 110 Å². The third-order valence-electron chi connectivity index (χ3n) is 2.86. The molecule has 1 aromatic carbocycles. The number of nitriles is 1. The van der Waals surface area contributed by atoms with Crippen molar-refractivity contribution in [2.45, 2.75) is 20.5 Å². The summed E-state index contributed by atoms with van der Waals surface area (Å²) < 4.78 is 18.8. The van der Waals surface area contributed by atoms with Gasteiger partial charge in [-0.3, -0.25) is 0 Å². The first-order valence-corrected chi connectivity index (χ1v) is 5.73. The molecule has 0 atom stereocenters. The highest BCUT2D eigenvalue weighted by atomic mass is 19.1. The summed E-state index contributed by atoms with van der Waals surface area (Å²) in [6.45, 7) is 3.56. The minimum atomic E-state index is -0.349. The fraction of sp³-hybridized carbons (Fsp3) is 0.214. The van der Waals surface area contributed by atoms with E-state index in [2.05, 4.69) is 10.2 Å². The maximum Gasteiger partial charge on any atom is 0.252 e. The van der Waals surface area contributed by atoms with Gasteiger partial charge in [-0.05, 0) is 25.5 Å². The standard InChI is InChI=1S/C14H12FN3O/c1-9-10(2)17-18-14(12(9)7-16)19-8-11-5-3-4-6-13(11)15/h3-6H,8H2,1-2H3. The first-order chi connectivity index (χ1) is 9.13. The van der Waals surface area contributed by atoms with Crippen LogP contribution in [0.25, 0.3) is 0 Å². The number of nitrogens with zero attached hydrogens (tertiary/aromatic N) is 3. The third-order valence-corrected chi connectivity index (χ3v) is 2.86. The van der Waals surface area contributed by atoms with Gasteiger partial charge in [0.25, 0.3) is 5.88 Å². The Hall–Kier alpha value is -2.48. The van der Waals surface area contributed by atoms with Crippen molar-refractivity contribution in [2.24, 2.45) is 0 Å². The lowest BCUT2D eigenvalue weighted by atomic mass is 10.1. The van der Waals surface area contributed by atoms with E-state index in [0.717, 1.165) is 5.56 Å². The Morgan fingerprint density at radius 1 is 1.26 bits per heavy atom. The molecule has 0 saturated carbocycles. The van der Waals surface area contributed by atoms with E-state index in [1.165, 1.54) is 6.07 Å². The van der Waals surface area contributed by atoms with Crippen molar-refractivity contribution in [3.05, 3.63) is 52.5 Å². The molecule has 2 rings (SSSR count). The number of hydrogen-bond donors (Lipinski definition) is 0. The van der Waals surface area contributed by atoms with Gasteiger partial charge in [0.15, 0.2) is 0 Å². The Balaban J connectivity index is 2.24. The monoisotopic (exact) mass is 257 g/mol. The van der Waals surface area contributed by atoms with Crippen LogP contribution >= 0.6 is 0 Å². The van der Waals surface area contributed by atoms with E-state index < -0.39 is 0 Å². The van der Waals surface area contributed by atoms with Gasteiger partial charge < -0.3 is 4.74 Å². The minimum Gasteiger partial charge on any atom is -0.471 e. The van der Waals surface area contributed by atoms with Crippen molar-refractivity contribution in [1.29, 1.82) is 5.26 Å². The van der Waals surface area contributed by atoms with Crippen molar-refractivity contribution >= 4 is 0 Å². The van der Waals surface area contributed by atoms with Gasteiger partial charge in [-0.1, -0.05) is 18.2 Å². The van der Waals surface area contributed by atoms with Crippen LogP contribution in [0.5, 0.6) is 5.88 Å². The van der Waals surface area contributed by atoms with E-state index in [-0.39, 0.29) is 18.3 Å². The van der Waals surface area contributed by atoms with Crippen molar-refractivity contribution in [3.8, 4) is 11.9 Å². The molecule has 2 aromatic rings. The second-order valence-corrected chi connectivity index (χ2v) is 4.08. The van der Waals surface area contributed by atoms with Gasteiger partial charge in [-0.25, -0.2) is 4.39 Å². The highest BCUT2D eigenvalue weighted by Crippen LogP contribution is 2.20. The lowest BCUT2D eigenvalue weighted by Crippen LogP contribution is -2.05. The van der Waals surface area contributed by atoms with E-state index in [0.29, 0.717) is 16.8 Å². The molecule has 0 aliphatic carbocycles. The van der Waals surface area contributed by atoms with Crippen LogP contribution < -0.4 is 4.74 Å². The predicted molar refractivity (Wildman–Crippen MR) is 67.0 cm³/mol. The summed E-state index contributed by atoms with van der Waals surface area (Å²) in [5.41, 5.74) is 2.14. The van der Waals surface area contributed by atoms with Gasteiger partial charge in [0.1, 0.15) is 24.1 Å². The summed E-state index contributed by atoms with van der Waals surface area (Å²) in [6.07, 6.45) is 0. The third kappa shape index (κ3) is 2.68. The maximum absolute atomic E-state index is 13.4.